The van der Waals surface area contributed by atoms with Crippen molar-refractivity contribution >= 4 is 45.8 Å². The molecule has 6 heterocycles. The zero-order chi connectivity index (χ0) is 39.8. The van der Waals surface area contributed by atoms with Gasteiger partial charge in [-0.15, -0.1) is 0 Å². The monoisotopic (exact) mass is 804 g/mol. The molecule has 0 spiro atoms. The maximum Gasteiger partial charge on any atom is 0.263 e. The van der Waals surface area contributed by atoms with Gasteiger partial charge in [-0.2, -0.15) is 0 Å². The van der Waals surface area contributed by atoms with Crippen LogP contribution in [0.5, 0.6) is 0 Å². The van der Waals surface area contributed by atoms with Crippen molar-refractivity contribution in [3.63, 3.8) is 0 Å². The molecule has 0 aliphatic carbocycles. The smallest absolute Gasteiger partial charge is 0.263 e. The van der Waals surface area contributed by atoms with Crippen LogP contribution in [-0.4, -0.2) is 211 Å². The molecule has 2 N–H and O–H groups in total. The predicted molar refractivity (Wildman–Crippen MR) is 219 cm³/mol. The normalized spacial score (nSPS) is 21.4. The van der Waals surface area contributed by atoms with Crippen molar-refractivity contribution in [1.29, 1.82) is 0 Å². The Kier molecular flexibility index (Phi) is 13.8. The summed E-state index contributed by atoms with van der Waals surface area (Å²) < 4.78 is 22.1. The molecule has 8 rings (SSSR count). The summed E-state index contributed by atoms with van der Waals surface area (Å²) in [6.07, 6.45) is 2.87. The second-order valence-electron chi connectivity index (χ2n) is 16.1. The highest BCUT2D eigenvalue weighted by molar-refractivity contribution is 6.36. The Hall–Kier alpha value is -3.74. The second-order valence-corrected chi connectivity index (χ2v) is 16.1. The van der Waals surface area contributed by atoms with Crippen molar-refractivity contribution in [2.45, 2.75) is 25.7 Å². The van der Waals surface area contributed by atoms with Crippen molar-refractivity contribution in [3.05, 3.63) is 34.4 Å². The van der Waals surface area contributed by atoms with E-state index in [9.17, 15) is 19.2 Å². The number of morpholine rings is 4. The molecule has 316 valence electrons. The molecule has 6 aliphatic heterocycles. The number of nitrogens with zero attached hydrogens (tertiary/aromatic N) is 6. The molecule has 0 atom stereocenters. The van der Waals surface area contributed by atoms with Gasteiger partial charge in [0.15, 0.2) is 0 Å². The van der Waals surface area contributed by atoms with Crippen LogP contribution in [0.4, 0.5) is 11.4 Å². The topological polar surface area (TPSA) is 149 Å². The van der Waals surface area contributed by atoms with Crippen LogP contribution in [0.25, 0.3) is 10.8 Å². The van der Waals surface area contributed by atoms with E-state index in [0.717, 1.165) is 118 Å². The minimum Gasteiger partial charge on any atom is -0.384 e. The van der Waals surface area contributed by atoms with Gasteiger partial charge in [-0.1, -0.05) is 0 Å². The molecule has 0 radical (unpaired) electrons. The molecule has 4 saturated heterocycles. The predicted octanol–water partition coefficient (Wildman–Crippen LogP) is 1.74. The minimum absolute atomic E-state index is 0.257. The molecule has 4 amide bonds. The van der Waals surface area contributed by atoms with Crippen LogP contribution in [0.3, 0.4) is 0 Å². The zero-order valence-corrected chi connectivity index (χ0v) is 33.9. The number of benzene rings is 2. The summed E-state index contributed by atoms with van der Waals surface area (Å²) in [6.45, 7) is 17.2. The average molecular weight is 805 g/mol. The zero-order valence-electron chi connectivity index (χ0n) is 33.9. The highest BCUT2D eigenvalue weighted by atomic mass is 16.5. The Bertz CT molecular complexity index is 1670. The number of carbonyl (C=O) groups excluding carboxylic acids is 4. The Morgan fingerprint density at radius 1 is 0.414 bits per heavy atom. The SMILES string of the molecule is O=C1c2cc(NCCCN3CCOCC3)c3c4c(cc(NCCCN5CCOCC5)c(c24)C(=O)N1CCCN1CCOCC1)C(=O)N(CCCN1CCOCC1)C3=O. The van der Waals surface area contributed by atoms with Crippen LogP contribution < -0.4 is 10.6 Å². The van der Waals surface area contributed by atoms with Crippen LogP contribution in [0.1, 0.15) is 67.1 Å². The number of imide groups is 2. The Balaban J connectivity index is 1.12. The van der Waals surface area contributed by atoms with Gasteiger partial charge in [-0.25, -0.2) is 0 Å². The highest BCUT2D eigenvalue weighted by Gasteiger charge is 2.42. The van der Waals surface area contributed by atoms with E-state index in [2.05, 4.69) is 30.2 Å². The number of hydrogen-bond acceptors (Lipinski definition) is 14. The summed E-state index contributed by atoms with van der Waals surface area (Å²) >= 11 is 0. The summed E-state index contributed by atoms with van der Waals surface area (Å²) in [5.74, 6) is -1.59. The quantitative estimate of drug-likeness (QED) is 0.167. The molecular formula is C42H60N8O8. The number of hydrogen-bond donors (Lipinski definition) is 2. The number of ether oxygens (including phenoxy) is 4. The van der Waals surface area contributed by atoms with Crippen LogP contribution in [-0.2, 0) is 18.9 Å². The molecule has 6 aliphatic rings. The largest absolute Gasteiger partial charge is 0.384 e. The fourth-order valence-electron chi connectivity index (χ4n) is 9.10. The molecule has 0 saturated carbocycles. The van der Waals surface area contributed by atoms with E-state index in [-0.39, 0.29) is 13.1 Å². The lowest BCUT2D eigenvalue weighted by Gasteiger charge is -2.35. The summed E-state index contributed by atoms with van der Waals surface area (Å²) in [7, 11) is 0. The molecule has 0 unspecified atom stereocenters. The molecule has 58 heavy (non-hydrogen) atoms. The first-order valence-electron chi connectivity index (χ1n) is 21.6. The first-order chi connectivity index (χ1) is 28.5. The molecule has 16 nitrogen and oxygen atoms in total. The first-order valence-corrected chi connectivity index (χ1v) is 21.6. The van der Waals surface area contributed by atoms with Crippen LogP contribution in [0.15, 0.2) is 12.1 Å². The van der Waals surface area contributed by atoms with E-state index in [1.165, 1.54) is 9.80 Å². The molecule has 2 aromatic carbocycles. The van der Waals surface area contributed by atoms with Crippen LogP contribution >= 0.6 is 0 Å². The van der Waals surface area contributed by atoms with Gasteiger partial charge < -0.3 is 29.6 Å². The van der Waals surface area contributed by atoms with Crippen molar-refractivity contribution in [2.75, 3.05) is 168 Å². The molecule has 0 bridgehead atoms. The summed E-state index contributed by atoms with van der Waals surface area (Å²) in [6, 6.07) is 3.54. The van der Waals surface area contributed by atoms with Crippen molar-refractivity contribution < 1.29 is 38.1 Å². The third-order valence-electron chi connectivity index (χ3n) is 12.3. The lowest BCUT2D eigenvalue weighted by molar-refractivity contribution is 0.0351. The summed E-state index contributed by atoms with van der Waals surface area (Å²) in [4.78, 5) is 70.6. The Morgan fingerprint density at radius 3 is 1.05 bits per heavy atom. The standard InChI is InChI=1S/C42H60N8O8/c51-39-31-29-33(43-5-1-7-45-13-21-55-22-14-45)37-35-32(40(52)49(41(37)53)11-3-9-47-17-25-57-26-18-47)30-34(44-6-2-8-46-15-23-56-24-16-46)38(36(31)35)42(54)50(39)12-4-10-48-19-27-58-28-20-48/h29-30,43-44H,1-28H2. The third kappa shape index (κ3) is 9.19. The van der Waals surface area contributed by atoms with E-state index in [1.54, 1.807) is 12.1 Å². The maximum absolute atomic E-state index is 14.7. The molecular weight excluding hydrogens is 745 g/mol. The number of carbonyl (C=O) groups is 4. The van der Waals surface area contributed by atoms with Gasteiger partial charge in [0, 0.05) is 114 Å². The number of rotatable bonds is 18. The van der Waals surface area contributed by atoms with Crippen molar-refractivity contribution in [2.24, 2.45) is 0 Å². The summed E-state index contributed by atoms with van der Waals surface area (Å²) in [5.41, 5.74) is 2.44. The van der Waals surface area contributed by atoms with Gasteiger partial charge in [0.2, 0.25) is 0 Å². The van der Waals surface area contributed by atoms with Crippen LogP contribution in [0, 0.1) is 0 Å². The fraction of sp³-hybridized carbons (Fsp3) is 0.667. The van der Waals surface area contributed by atoms with Gasteiger partial charge in [0.1, 0.15) is 0 Å². The molecule has 16 heteroatoms. The molecule has 4 fully saturated rings. The number of amides is 4. The van der Waals surface area contributed by atoms with E-state index >= 15 is 0 Å². The lowest BCUT2D eigenvalue weighted by atomic mass is 9.83. The van der Waals surface area contributed by atoms with Gasteiger partial charge in [0.05, 0.1) is 75.1 Å². The van der Waals surface area contributed by atoms with Crippen molar-refractivity contribution in [1.82, 2.24) is 29.4 Å². The Labute approximate surface area is 341 Å². The molecule has 2 aromatic rings. The van der Waals surface area contributed by atoms with E-state index in [1.807, 2.05) is 0 Å². The first kappa shape index (κ1) is 41.0. The van der Waals surface area contributed by atoms with E-state index in [0.29, 0.717) is 96.8 Å². The van der Waals surface area contributed by atoms with Crippen molar-refractivity contribution in [3.8, 4) is 0 Å². The van der Waals surface area contributed by atoms with Gasteiger partial charge in [-0.3, -0.25) is 48.6 Å². The third-order valence-corrected chi connectivity index (χ3v) is 12.3. The highest BCUT2D eigenvalue weighted by Crippen LogP contribution is 2.44. The minimum atomic E-state index is -0.398. The van der Waals surface area contributed by atoms with E-state index in [4.69, 9.17) is 18.9 Å². The molecule has 0 aromatic heterocycles. The number of anilines is 2. The van der Waals surface area contributed by atoms with Gasteiger partial charge >= 0.3 is 0 Å². The van der Waals surface area contributed by atoms with E-state index < -0.39 is 23.6 Å². The lowest BCUT2D eigenvalue weighted by Crippen LogP contribution is -2.45. The van der Waals surface area contributed by atoms with Gasteiger partial charge in [-0.05, 0) is 50.9 Å². The average Bonchev–Trinajstić information content (AvgIpc) is 3.26. The van der Waals surface area contributed by atoms with Gasteiger partial charge in [0.25, 0.3) is 23.6 Å². The Morgan fingerprint density at radius 2 is 0.724 bits per heavy atom. The number of nitrogens with one attached hydrogen (secondary N) is 2. The summed E-state index contributed by atoms with van der Waals surface area (Å²) in [5, 5.41) is 7.85. The second kappa shape index (κ2) is 19.5. The maximum atomic E-state index is 14.7. The van der Waals surface area contributed by atoms with Crippen LogP contribution in [0.2, 0.25) is 0 Å². The fourth-order valence-corrected chi connectivity index (χ4v) is 9.10.